The van der Waals surface area contributed by atoms with E-state index >= 15 is 0 Å². The van der Waals surface area contributed by atoms with E-state index in [1.807, 2.05) is 6.20 Å². The number of aryl methyl sites for hydroxylation is 1. The number of nitrogens with two attached hydrogens (primary N) is 1. The summed E-state index contributed by atoms with van der Waals surface area (Å²) in [6.45, 7) is 4.17. The van der Waals surface area contributed by atoms with Crippen LogP contribution < -0.4 is 16.4 Å². The highest BCUT2D eigenvalue weighted by atomic mass is 15.0. The molecule has 0 aromatic heterocycles. The normalized spacial score (nSPS) is 21.4. The molecule has 0 amide bonds. The van der Waals surface area contributed by atoms with Crippen LogP contribution >= 0.6 is 0 Å². The molecule has 1 aromatic carbocycles. The van der Waals surface area contributed by atoms with Crippen LogP contribution in [0.15, 0.2) is 24.4 Å². The van der Waals surface area contributed by atoms with Crippen LogP contribution in [0.2, 0.25) is 0 Å². The second kappa shape index (κ2) is 7.57. The Morgan fingerprint density at radius 3 is 2.91 bits per heavy atom. The second-order valence-corrected chi connectivity index (χ2v) is 6.73. The van der Waals surface area contributed by atoms with Gasteiger partial charge in [-0.05, 0) is 56.8 Å². The number of hydrogen-bond acceptors (Lipinski definition) is 3. The molecule has 0 spiro atoms. The van der Waals surface area contributed by atoms with Crippen LogP contribution in [0.5, 0.6) is 0 Å². The highest BCUT2D eigenvalue weighted by molar-refractivity contribution is 5.66. The molecular formula is C20H27N3. The maximum atomic E-state index is 6.24. The third kappa shape index (κ3) is 4.77. The smallest absolute Gasteiger partial charge is 0.0549 e. The van der Waals surface area contributed by atoms with E-state index in [9.17, 15) is 0 Å². The summed E-state index contributed by atoms with van der Waals surface area (Å²) in [5.41, 5.74) is 10.4. The standard InChI is InChI=1S/C20H27N3/c1-15-12-17(8-7-16-5-6-16)9-10-19(15)20(21)14-22-13-18-4-2-3-11-23-18/h9-10,12,14,16,18,22-23H,2-6,11,13,21H2,1H3/b20-14-. The summed E-state index contributed by atoms with van der Waals surface area (Å²) in [5.74, 6) is 7.21. The Morgan fingerprint density at radius 1 is 1.35 bits per heavy atom. The van der Waals surface area contributed by atoms with E-state index in [0.29, 0.717) is 12.0 Å². The first-order valence-corrected chi connectivity index (χ1v) is 8.77. The number of nitrogens with one attached hydrogen (secondary N) is 2. The summed E-state index contributed by atoms with van der Waals surface area (Å²) in [4.78, 5) is 0. The van der Waals surface area contributed by atoms with Crippen molar-refractivity contribution in [3.63, 3.8) is 0 Å². The van der Waals surface area contributed by atoms with Gasteiger partial charge in [-0.15, -0.1) is 0 Å². The lowest BCUT2D eigenvalue weighted by Gasteiger charge is -2.23. The molecule has 4 N–H and O–H groups in total. The third-order valence-electron chi connectivity index (χ3n) is 4.57. The van der Waals surface area contributed by atoms with Gasteiger partial charge >= 0.3 is 0 Å². The number of piperidine rings is 1. The van der Waals surface area contributed by atoms with Gasteiger partial charge < -0.3 is 16.4 Å². The van der Waals surface area contributed by atoms with Crippen LogP contribution in [-0.4, -0.2) is 19.1 Å². The summed E-state index contributed by atoms with van der Waals surface area (Å²) in [7, 11) is 0. The Labute approximate surface area is 139 Å². The van der Waals surface area contributed by atoms with E-state index in [-0.39, 0.29) is 0 Å². The number of hydrogen-bond donors (Lipinski definition) is 3. The lowest BCUT2D eigenvalue weighted by Crippen LogP contribution is -2.40. The summed E-state index contributed by atoms with van der Waals surface area (Å²) >= 11 is 0. The van der Waals surface area contributed by atoms with Gasteiger partial charge in [-0.2, -0.15) is 0 Å². The van der Waals surface area contributed by atoms with Gasteiger partial charge in [-0.1, -0.05) is 24.3 Å². The van der Waals surface area contributed by atoms with Crippen LogP contribution in [-0.2, 0) is 0 Å². The molecule has 1 aliphatic heterocycles. The first kappa shape index (κ1) is 16.0. The quantitative estimate of drug-likeness (QED) is 0.750. The molecule has 3 nitrogen and oxygen atoms in total. The Kier molecular flexibility index (Phi) is 5.25. The van der Waals surface area contributed by atoms with Crippen molar-refractivity contribution in [1.29, 1.82) is 0 Å². The van der Waals surface area contributed by atoms with E-state index in [1.165, 1.54) is 37.7 Å². The second-order valence-electron chi connectivity index (χ2n) is 6.73. The van der Waals surface area contributed by atoms with Crippen LogP contribution in [0.25, 0.3) is 5.70 Å². The molecule has 2 aliphatic rings. The van der Waals surface area contributed by atoms with Crippen molar-refractivity contribution in [3.8, 4) is 11.8 Å². The molecule has 1 unspecified atom stereocenters. The van der Waals surface area contributed by atoms with Gasteiger partial charge in [0.25, 0.3) is 0 Å². The van der Waals surface area contributed by atoms with Crippen molar-refractivity contribution >= 4 is 5.70 Å². The summed E-state index contributed by atoms with van der Waals surface area (Å²) in [5, 5.41) is 6.90. The molecule has 0 radical (unpaired) electrons. The highest BCUT2D eigenvalue weighted by Gasteiger charge is 2.17. The van der Waals surface area contributed by atoms with Crippen LogP contribution in [0, 0.1) is 24.7 Å². The van der Waals surface area contributed by atoms with Crippen molar-refractivity contribution in [2.24, 2.45) is 11.7 Å². The third-order valence-corrected chi connectivity index (χ3v) is 4.57. The fraction of sp³-hybridized carbons (Fsp3) is 0.500. The average Bonchev–Trinajstić information content (AvgIpc) is 3.38. The summed E-state index contributed by atoms with van der Waals surface area (Å²) in [6.07, 6.45) is 8.33. The predicted octanol–water partition coefficient (Wildman–Crippen LogP) is 2.75. The van der Waals surface area contributed by atoms with E-state index < -0.39 is 0 Å². The SMILES string of the molecule is Cc1cc(C#CC2CC2)ccc1/C(N)=C/NCC1CCCCN1. The van der Waals surface area contributed by atoms with E-state index in [0.717, 1.165) is 29.9 Å². The largest absolute Gasteiger partial charge is 0.397 e. The van der Waals surface area contributed by atoms with Gasteiger partial charge in [-0.3, -0.25) is 0 Å². The molecule has 1 aliphatic carbocycles. The van der Waals surface area contributed by atoms with E-state index in [1.54, 1.807) is 0 Å². The van der Waals surface area contributed by atoms with E-state index in [4.69, 9.17) is 5.73 Å². The van der Waals surface area contributed by atoms with Crippen molar-refractivity contribution in [2.75, 3.05) is 13.1 Å². The molecule has 1 atom stereocenters. The molecule has 1 saturated carbocycles. The van der Waals surface area contributed by atoms with E-state index in [2.05, 4.69) is 47.6 Å². The molecular weight excluding hydrogens is 282 g/mol. The molecule has 0 bridgehead atoms. The molecule has 1 aromatic rings. The highest BCUT2D eigenvalue weighted by Crippen LogP contribution is 2.27. The number of benzene rings is 1. The summed E-state index contributed by atoms with van der Waals surface area (Å²) in [6, 6.07) is 6.85. The first-order chi connectivity index (χ1) is 11.2. The maximum Gasteiger partial charge on any atom is 0.0549 e. The predicted molar refractivity (Wildman–Crippen MR) is 96.6 cm³/mol. The van der Waals surface area contributed by atoms with Crippen molar-refractivity contribution in [1.82, 2.24) is 10.6 Å². The molecule has 3 heteroatoms. The van der Waals surface area contributed by atoms with Gasteiger partial charge in [-0.25, -0.2) is 0 Å². The minimum atomic E-state index is 0.564. The summed E-state index contributed by atoms with van der Waals surface area (Å²) < 4.78 is 0. The lowest BCUT2D eigenvalue weighted by atomic mass is 10.0. The number of rotatable bonds is 4. The van der Waals surface area contributed by atoms with Gasteiger partial charge in [0.15, 0.2) is 0 Å². The van der Waals surface area contributed by atoms with Gasteiger partial charge in [0, 0.05) is 35.8 Å². The molecule has 1 heterocycles. The Morgan fingerprint density at radius 2 is 2.22 bits per heavy atom. The Hall–Kier alpha value is -1.92. The fourth-order valence-electron chi connectivity index (χ4n) is 2.97. The minimum Gasteiger partial charge on any atom is -0.397 e. The lowest BCUT2D eigenvalue weighted by molar-refractivity contribution is 0.395. The van der Waals surface area contributed by atoms with Crippen molar-refractivity contribution in [2.45, 2.75) is 45.1 Å². The minimum absolute atomic E-state index is 0.564. The molecule has 3 rings (SSSR count). The van der Waals surface area contributed by atoms with Crippen LogP contribution in [0.1, 0.15) is 48.8 Å². The average molecular weight is 309 g/mol. The zero-order valence-corrected chi connectivity index (χ0v) is 14.0. The fourth-order valence-corrected chi connectivity index (χ4v) is 2.97. The molecule has 122 valence electrons. The van der Waals surface area contributed by atoms with Gasteiger partial charge in [0.05, 0.1) is 5.70 Å². The maximum absolute atomic E-state index is 6.24. The van der Waals surface area contributed by atoms with Crippen LogP contribution in [0.3, 0.4) is 0 Å². The van der Waals surface area contributed by atoms with Crippen molar-refractivity contribution < 1.29 is 0 Å². The molecule has 2 fully saturated rings. The first-order valence-electron chi connectivity index (χ1n) is 8.77. The van der Waals surface area contributed by atoms with Crippen molar-refractivity contribution in [3.05, 3.63) is 41.1 Å². The zero-order valence-electron chi connectivity index (χ0n) is 14.0. The van der Waals surface area contributed by atoms with Gasteiger partial charge in [0.1, 0.15) is 0 Å². The Balaban J connectivity index is 1.58. The zero-order chi connectivity index (χ0) is 16.1. The monoisotopic (exact) mass is 309 g/mol. The van der Waals surface area contributed by atoms with Crippen LogP contribution in [0.4, 0.5) is 0 Å². The molecule has 1 saturated heterocycles. The van der Waals surface area contributed by atoms with Gasteiger partial charge in [0.2, 0.25) is 0 Å². The topological polar surface area (TPSA) is 50.1 Å². The Bertz CT molecular complexity index is 626. The molecule has 23 heavy (non-hydrogen) atoms.